The molecule has 4 aromatic rings. The second-order valence-corrected chi connectivity index (χ2v) is 10.8. The Labute approximate surface area is 223 Å². The summed E-state index contributed by atoms with van der Waals surface area (Å²) in [6.07, 6.45) is 3.80. The summed E-state index contributed by atoms with van der Waals surface area (Å²) in [4.78, 5) is 19.5. The zero-order valence-electron chi connectivity index (χ0n) is 20.9. The Morgan fingerprint density at radius 3 is 2.46 bits per heavy atom. The molecule has 0 aliphatic carbocycles. The van der Waals surface area contributed by atoms with Crippen LogP contribution in [0.25, 0.3) is 0 Å². The molecule has 0 radical (unpaired) electrons. The number of hydrogen-bond acceptors (Lipinski definition) is 7. The molecule has 1 aliphatic rings. The molecule has 0 unspecified atom stereocenters. The van der Waals surface area contributed by atoms with Gasteiger partial charge in [-0.25, -0.2) is 13.8 Å². The van der Waals surface area contributed by atoms with E-state index >= 15 is 0 Å². The topological polar surface area (TPSA) is 117 Å². The van der Waals surface area contributed by atoms with Crippen molar-refractivity contribution in [2.45, 2.75) is 30.7 Å². The quantitative estimate of drug-likeness (QED) is 0.322. The van der Waals surface area contributed by atoms with Crippen LogP contribution in [0.15, 0.2) is 76.6 Å². The molecule has 2 aromatic carbocycles. The number of piperidine rings is 1. The van der Waals surface area contributed by atoms with E-state index in [-0.39, 0.29) is 45.3 Å². The minimum atomic E-state index is -4.19. The molecule has 1 fully saturated rings. The van der Waals surface area contributed by atoms with Crippen LogP contribution in [0.3, 0.4) is 0 Å². The zero-order valence-corrected chi connectivity index (χ0v) is 21.7. The Bertz CT molecular complexity index is 1590. The number of nitrogens with one attached hydrogen (secondary N) is 2. The molecular formula is C27H25F2N5O4S. The van der Waals surface area contributed by atoms with Crippen LogP contribution in [0.4, 0.5) is 26.0 Å². The van der Waals surface area contributed by atoms with E-state index in [4.69, 9.17) is 0 Å². The average molecular weight is 554 g/mol. The molecule has 2 N–H and O–H groups in total. The lowest BCUT2D eigenvalue weighted by Crippen LogP contribution is -2.38. The Morgan fingerprint density at radius 2 is 1.79 bits per heavy atom. The second kappa shape index (κ2) is 10.8. The molecule has 1 aliphatic heterocycles. The summed E-state index contributed by atoms with van der Waals surface area (Å²) < 4.78 is 60.4. The highest BCUT2D eigenvalue weighted by Crippen LogP contribution is 2.33. The number of hydrogen-bond donors (Lipinski definition) is 2. The van der Waals surface area contributed by atoms with Crippen molar-refractivity contribution in [2.75, 3.05) is 23.1 Å². The molecule has 2 aromatic heterocycles. The number of anilines is 3. The number of aromatic nitrogens is 2. The SMILES string of the molecule is Cc1c(S(=O)(=O)Nc2ccon2)ncc(C(=O)N2CCC(c3ccc(F)cc3)CC2)c1Nc1cccc(F)c1. The van der Waals surface area contributed by atoms with E-state index in [9.17, 15) is 22.0 Å². The number of pyridine rings is 1. The molecule has 0 bridgehead atoms. The molecular weight excluding hydrogens is 528 g/mol. The summed E-state index contributed by atoms with van der Waals surface area (Å²) >= 11 is 0. The third kappa shape index (κ3) is 5.75. The van der Waals surface area contributed by atoms with Crippen LogP contribution in [0.1, 0.15) is 40.2 Å². The van der Waals surface area contributed by atoms with Crippen LogP contribution in [-0.4, -0.2) is 42.5 Å². The number of sulfonamides is 1. The molecule has 1 amide bonds. The number of benzene rings is 2. The number of carbonyl (C=O) groups is 1. The van der Waals surface area contributed by atoms with Crippen molar-refractivity contribution < 1.29 is 26.5 Å². The fourth-order valence-electron chi connectivity index (χ4n) is 4.67. The maximum Gasteiger partial charge on any atom is 0.280 e. The summed E-state index contributed by atoms with van der Waals surface area (Å²) in [5, 5.41) is 6.27. The molecule has 0 spiro atoms. The maximum absolute atomic E-state index is 13.9. The molecule has 9 nitrogen and oxygen atoms in total. The fourth-order valence-corrected chi connectivity index (χ4v) is 5.84. The van der Waals surface area contributed by atoms with E-state index < -0.39 is 15.8 Å². The highest BCUT2D eigenvalue weighted by atomic mass is 32.2. The molecule has 0 atom stereocenters. The second-order valence-electron chi connectivity index (χ2n) is 9.22. The van der Waals surface area contributed by atoms with Crippen LogP contribution in [-0.2, 0) is 10.0 Å². The van der Waals surface area contributed by atoms with E-state index in [0.717, 1.165) is 5.56 Å². The van der Waals surface area contributed by atoms with Gasteiger partial charge < -0.3 is 14.7 Å². The van der Waals surface area contributed by atoms with Gasteiger partial charge in [0.15, 0.2) is 10.8 Å². The number of halogens is 2. The Balaban J connectivity index is 1.45. The minimum absolute atomic E-state index is 0.0278. The smallest absolute Gasteiger partial charge is 0.280 e. The number of likely N-dealkylation sites (tertiary alicyclic amines) is 1. The first-order valence-corrected chi connectivity index (χ1v) is 13.7. The summed E-state index contributed by atoms with van der Waals surface area (Å²) in [5.41, 5.74) is 1.87. The minimum Gasteiger partial charge on any atom is -0.363 e. The maximum atomic E-state index is 13.9. The number of amides is 1. The van der Waals surface area contributed by atoms with Crippen molar-refractivity contribution in [1.82, 2.24) is 15.0 Å². The predicted octanol–water partition coefficient (Wildman–Crippen LogP) is 5.22. The van der Waals surface area contributed by atoms with E-state index in [1.165, 1.54) is 55.8 Å². The largest absolute Gasteiger partial charge is 0.363 e. The van der Waals surface area contributed by atoms with Crippen LogP contribution in [0.2, 0.25) is 0 Å². The highest BCUT2D eigenvalue weighted by Gasteiger charge is 2.30. The predicted molar refractivity (Wildman–Crippen MR) is 140 cm³/mol. The number of rotatable bonds is 7. The van der Waals surface area contributed by atoms with Crippen LogP contribution in [0.5, 0.6) is 0 Å². The summed E-state index contributed by atoms with van der Waals surface area (Å²) in [7, 11) is -4.19. The summed E-state index contributed by atoms with van der Waals surface area (Å²) in [6.45, 7) is 2.42. The lowest BCUT2D eigenvalue weighted by Gasteiger charge is -2.33. The molecule has 0 saturated carbocycles. The first-order valence-electron chi connectivity index (χ1n) is 12.2. The van der Waals surface area contributed by atoms with E-state index in [1.54, 1.807) is 23.1 Å². The molecule has 3 heterocycles. The third-order valence-electron chi connectivity index (χ3n) is 6.66. The number of carbonyl (C=O) groups excluding carboxylic acids is 1. The lowest BCUT2D eigenvalue weighted by atomic mass is 9.89. The van der Waals surface area contributed by atoms with Crippen molar-refractivity contribution >= 4 is 33.1 Å². The summed E-state index contributed by atoms with van der Waals surface area (Å²) in [5.74, 6) is -0.970. The molecule has 202 valence electrons. The Kier molecular flexibility index (Phi) is 7.29. The molecule has 5 rings (SSSR count). The third-order valence-corrected chi connectivity index (χ3v) is 8.05. The fraction of sp³-hybridized carbons (Fsp3) is 0.222. The average Bonchev–Trinajstić information content (AvgIpc) is 3.42. The van der Waals surface area contributed by atoms with Crippen molar-refractivity contribution in [2.24, 2.45) is 0 Å². The number of nitrogens with zero attached hydrogens (tertiary/aromatic N) is 3. The van der Waals surface area contributed by atoms with Crippen LogP contribution < -0.4 is 10.0 Å². The zero-order chi connectivity index (χ0) is 27.6. The molecule has 1 saturated heterocycles. The van der Waals surface area contributed by atoms with Crippen LogP contribution >= 0.6 is 0 Å². The van der Waals surface area contributed by atoms with E-state index in [1.807, 2.05) is 0 Å². The lowest BCUT2D eigenvalue weighted by molar-refractivity contribution is 0.0713. The van der Waals surface area contributed by atoms with Crippen molar-refractivity contribution in [3.8, 4) is 0 Å². The van der Waals surface area contributed by atoms with Gasteiger partial charge in [0, 0.05) is 36.6 Å². The van der Waals surface area contributed by atoms with Gasteiger partial charge in [-0.15, -0.1) is 0 Å². The van der Waals surface area contributed by atoms with E-state index in [0.29, 0.717) is 31.6 Å². The van der Waals surface area contributed by atoms with Crippen molar-refractivity contribution in [3.05, 3.63) is 95.4 Å². The highest BCUT2D eigenvalue weighted by molar-refractivity contribution is 7.92. The van der Waals surface area contributed by atoms with Gasteiger partial charge in [0.2, 0.25) is 0 Å². The standard InChI is InChI=1S/C27H25F2N5O4S/c1-17-25(31-22-4-2-3-21(29)15-22)23(16-30-26(17)39(36,37)33-24-11-14-38-32-24)27(35)34-12-9-19(10-13-34)18-5-7-20(28)8-6-18/h2-8,11,14-16,19H,9-10,12-13H2,1H3,(H,30,31)(H,32,33). The summed E-state index contributed by atoms with van der Waals surface area (Å²) in [6, 6.07) is 13.3. The first kappa shape index (κ1) is 26.3. The Morgan fingerprint density at radius 1 is 1.05 bits per heavy atom. The Hall–Kier alpha value is -4.32. The molecule has 39 heavy (non-hydrogen) atoms. The van der Waals surface area contributed by atoms with Gasteiger partial charge in [0.25, 0.3) is 15.9 Å². The molecule has 12 heteroatoms. The van der Waals surface area contributed by atoms with Gasteiger partial charge >= 0.3 is 0 Å². The van der Waals surface area contributed by atoms with E-state index in [2.05, 4.69) is 24.7 Å². The first-order chi connectivity index (χ1) is 18.7. The van der Waals surface area contributed by atoms with Gasteiger partial charge in [-0.05, 0) is 61.6 Å². The normalized spacial score (nSPS) is 14.3. The van der Waals surface area contributed by atoms with Crippen LogP contribution in [0, 0.1) is 18.6 Å². The monoisotopic (exact) mass is 553 g/mol. The van der Waals surface area contributed by atoms with Crippen molar-refractivity contribution in [1.29, 1.82) is 0 Å². The van der Waals surface area contributed by atoms with Gasteiger partial charge in [-0.1, -0.05) is 23.4 Å². The van der Waals surface area contributed by atoms with Gasteiger partial charge in [-0.3, -0.25) is 9.52 Å². The van der Waals surface area contributed by atoms with Gasteiger partial charge in [0.05, 0.1) is 11.3 Å². The van der Waals surface area contributed by atoms with Crippen molar-refractivity contribution in [3.63, 3.8) is 0 Å². The van der Waals surface area contributed by atoms with Gasteiger partial charge in [0.1, 0.15) is 17.9 Å². The van der Waals surface area contributed by atoms with Gasteiger partial charge in [-0.2, -0.15) is 8.42 Å².